The average molecular weight is 250 g/mol. The van der Waals surface area contributed by atoms with Crippen molar-refractivity contribution in [3.63, 3.8) is 0 Å². The molecule has 18 heavy (non-hydrogen) atoms. The summed E-state index contributed by atoms with van der Waals surface area (Å²) in [5.74, 6) is -0.447. The molecule has 1 aromatic rings. The van der Waals surface area contributed by atoms with Gasteiger partial charge in [-0.25, -0.2) is 10.2 Å². The first-order valence-electron chi connectivity index (χ1n) is 5.67. The number of carbonyl (C=O) groups excluding carboxylic acids is 2. The summed E-state index contributed by atoms with van der Waals surface area (Å²) in [6.07, 6.45) is 0. The van der Waals surface area contributed by atoms with Crippen LogP contribution in [0.4, 0.5) is 4.79 Å². The maximum atomic E-state index is 11.5. The van der Waals surface area contributed by atoms with Crippen molar-refractivity contribution in [2.45, 2.75) is 25.9 Å². The van der Waals surface area contributed by atoms with E-state index in [9.17, 15) is 9.59 Å². The molecule has 6 heteroatoms. The summed E-state index contributed by atoms with van der Waals surface area (Å²) in [6.45, 7) is 3.38. The van der Waals surface area contributed by atoms with Gasteiger partial charge in [-0.3, -0.25) is 10.2 Å². The third-order valence-corrected chi connectivity index (χ3v) is 2.36. The third-order valence-electron chi connectivity index (χ3n) is 2.36. The fourth-order valence-corrected chi connectivity index (χ4v) is 1.29. The van der Waals surface area contributed by atoms with Crippen molar-refractivity contribution in [2.75, 3.05) is 0 Å². The lowest BCUT2D eigenvalue weighted by atomic mass is 10.1. The topological polar surface area (TPSA) is 96.2 Å². The minimum Gasteiger partial charge on any atom is -0.330 e. The molecule has 0 saturated heterocycles. The molecule has 3 amide bonds. The second-order valence-corrected chi connectivity index (χ2v) is 4.01. The first kappa shape index (κ1) is 14.0. The number of amides is 3. The Kier molecular flexibility index (Phi) is 5.13. The van der Waals surface area contributed by atoms with Gasteiger partial charge in [0.2, 0.25) is 0 Å². The predicted octanol–water partition coefficient (Wildman–Crippen LogP) is 0.425. The van der Waals surface area contributed by atoms with Gasteiger partial charge in [0, 0.05) is 0 Å². The van der Waals surface area contributed by atoms with Gasteiger partial charge in [0.05, 0.1) is 12.1 Å². The van der Waals surface area contributed by atoms with Crippen molar-refractivity contribution >= 4 is 11.9 Å². The van der Waals surface area contributed by atoms with Crippen LogP contribution < -0.4 is 21.9 Å². The maximum Gasteiger partial charge on any atom is 0.333 e. The second-order valence-electron chi connectivity index (χ2n) is 4.01. The van der Waals surface area contributed by atoms with Crippen LogP contribution in [0.5, 0.6) is 0 Å². The van der Waals surface area contributed by atoms with Crippen molar-refractivity contribution in [2.24, 2.45) is 5.73 Å². The Bertz CT molecular complexity index is 406. The van der Waals surface area contributed by atoms with Gasteiger partial charge in [-0.2, -0.15) is 0 Å². The van der Waals surface area contributed by atoms with E-state index in [2.05, 4.69) is 16.2 Å². The molecule has 6 nitrogen and oxygen atoms in total. The van der Waals surface area contributed by atoms with Crippen molar-refractivity contribution in [1.82, 2.24) is 16.2 Å². The van der Waals surface area contributed by atoms with E-state index in [0.717, 1.165) is 5.56 Å². The van der Waals surface area contributed by atoms with Crippen LogP contribution in [-0.2, 0) is 4.79 Å². The van der Waals surface area contributed by atoms with E-state index in [0.29, 0.717) is 0 Å². The number of carbonyl (C=O) groups is 2. The molecule has 0 aliphatic heterocycles. The lowest BCUT2D eigenvalue weighted by Gasteiger charge is -2.15. The molecule has 5 N–H and O–H groups in total. The first-order valence-corrected chi connectivity index (χ1v) is 5.67. The molecule has 0 spiro atoms. The van der Waals surface area contributed by atoms with Gasteiger partial charge in [-0.1, -0.05) is 30.3 Å². The maximum absolute atomic E-state index is 11.5. The standard InChI is InChI=1S/C12H18N4O2/c1-8(13)11(17)15-16-12(18)14-9(2)10-6-4-3-5-7-10/h3-9H,13H2,1-2H3,(H,15,17)(H2,14,16,18)/t8-,9?/m1/s1. The lowest BCUT2D eigenvalue weighted by molar-refractivity contribution is -0.122. The Hall–Kier alpha value is -2.08. The van der Waals surface area contributed by atoms with Crippen LogP contribution in [0.3, 0.4) is 0 Å². The zero-order valence-electron chi connectivity index (χ0n) is 10.4. The summed E-state index contributed by atoms with van der Waals surface area (Å²) in [4.78, 5) is 22.6. The summed E-state index contributed by atoms with van der Waals surface area (Å²) in [7, 11) is 0. The number of nitrogens with one attached hydrogen (secondary N) is 3. The van der Waals surface area contributed by atoms with E-state index in [1.165, 1.54) is 6.92 Å². The molecule has 1 rings (SSSR count). The van der Waals surface area contributed by atoms with Crippen LogP contribution in [0.15, 0.2) is 30.3 Å². The Morgan fingerprint density at radius 3 is 2.28 bits per heavy atom. The molecule has 0 heterocycles. The highest BCUT2D eigenvalue weighted by molar-refractivity contribution is 5.84. The number of nitrogens with two attached hydrogens (primary N) is 1. The van der Waals surface area contributed by atoms with Crippen LogP contribution in [0.25, 0.3) is 0 Å². The van der Waals surface area contributed by atoms with E-state index >= 15 is 0 Å². The van der Waals surface area contributed by atoms with Gasteiger partial charge < -0.3 is 11.1 Å². The molecule has 98 valence electrons. The first-order chi connectivity index (χ1) is 8.50. The van der Waals surface area contributed by atoms with Crippen molar-refractivity contribution < 1.29 is 9.59 Å². The van der Waals surface area contributed by atoms with Gasteiger partial charge in [-0.15, -0.1) is 0 Å². The number of rotatable bonds is 3. The monoisotopic (exact) mass is 250 g/mol. The zero-order chi connectivity index (χ0) is 13.5. The molecule has 0 aliphatic rings. The molecular weight excluding hydrogens is 232 g/mol. The highest BCUT2D eigenvalue weighted by Gasteiger charge is 2.11. The SMILES string of the molecule is CC(NC(=O)NNC(=O)[C@@H](C)N)c1ccccc1. The fraction of sp³-hybridized carbons (Fsp3) is 0.333. The molecule has 0 bridgehead atoms. The Morgan fingerprint density at radius 2 is 1.72 bits per heavy atom. The van der Waals surface area contributed by atoms with E-state index in [1.807, 2.05) is 37.3 Å². The molecule has 0 aromatic heterocycles. The quantitative estimate of drug-likeness (QED) is 0.585. The van der Waals surface area contributed by atoms with E-state index in [4.69, 9.17) is 5.73 Å². The van der Waals surface area contributed by atoms with Crippen LogP contribution in [0, 0.1) is 0 Å². The minimum absolute atomic E-state index is 0.154. The second kappa shape index (κ2) is 6.61. The largest absolute Gasteiger partial charge is 0.333 e. The summed E-state index contributed by atoms with van der Waals surface area (Å²) in [5, 5.41) is 2.68. The van der Waals surface area contributed by atoms with Crippen LogP contribution in [0.1, 0.15) is 25.5 Å². The van der Waals surface area contributed by atoms with Crippen molar-refractivity contribution in [3.8, 4) is 0 Å². The van der Waals surface area contributed by atoms with Gasteiger partial charge in [0.15, 0.2) is 0 Å². The number of hydrogen-bond donors (Lipinski definition) is 4. The molecule has 0 aliphatic carbocycles. The third kappa shape index (κ3) is 4.42. The van der Waals surface area contributed by atoms with Crippen LogP contribution >= 0.6 is 0 Å². The van der Waals surface area contributed by atoms with E-state index in [-0.39, 0.29) is 6.04 Å². The van der Waals surface area contributed by atoms with Gasteiger partial charge in [0.1, 0.15) is 0 Å². The molecule has 1 unspecified atom stereocenters. The molecule has 0 saturated carbocycles. The van der Waals surface area contributed by atoms with Crippen molar-refractivity contribution in [3.05, 3.63) is 35.9 Å². The van der Waals surface area contributed by atoms with Crippen molar-refractivity contribution in [1.29, 1.82) is 0 Å². The molecule has 0 radical (unpaired) electrons. The number of hydrogen-bond acceptors (Lipinski definition) is 3. The molecule has 2 atom stereocenters. The van der Waals surface area contributed by atoms with Gasteiger partial charge in [-0.05, 0) is 19.4 Å². The normalized spacial score (nSPS) is 13.3. The predicted molar refractivity (Wildman–Crippen MR) is 68.3 cm³/mol. The van der Waals surface area contributed by atoms with Gasteiger partial charge >= 0.3 is 6.03 Å². The fourth-order valence-electron chi connectivity index (χ4n) is 1.29. The summed E-state index contributed by atoms with van der Waals surface area (Å²) >= 11 is 0. The Labute approximate surface area is 106 Å². The number of urea groups is 1. The molecule has 0 fully saturated rings. The zero-order valence-corrected chi connectivity index (χ0v) is 10.4. The smallest absolute Gasteiger partial charge is 0.330 e. The van der Waals surface area contributed by atoms with Crippen LogP contribution in [0.2, 0.25) is 0 Å². The number of hydrazine groups is 1. The minimum atomic E-state index is -0.670. The number of benzene rings is 1. The summed E-state index contributed by atoms with van der Waals surface area (Å²) in [5.41, 5.74) is 10.8. The van der Waals surface area contributed by atoms with Gasteiger partial charge in [0.25, 0.3) is 5.91 Å². The van der Waals surface area contributed by atoms with Crippen LogP contribution in [-0.4, -0.2) is 18.0 Å². The Balaban J connectivity index is 2.39. The average Bonchev–Trinajstić information content (AvgIpc) is 2.36. The Morgan fingerprint density at radius 1 is 1.11 bits per heavy atom. The summed E-state index contributed by atoms with van der Waals surface area (Å²) < 4.78 is 0. The highest BCUT2D eigenvalue weighted by Crippen LogP contribution is 2.10. The molecular formula is C12H18N4O2. The highest BCUT2D eigenvalue weighted by atomic mass is 16.2. The molecule has 1 aromatic carbocycles. The van der Waals surface area contributed by atoms with E-state index in [1.54, 1.807) is 0 Å². The van der Waals surface area contributed by atoms with E-state index < -0.39 is 18.0 Å². The summed E-state index contributed by atoms with van der Waals surface area (Å²) in [6, 6.07) is 8.19. The lowest BCUT2D eigenvalue weighted by Crippen LogP contribution is -2.51.